The van der Waals surface area contributed by atoms with Gasteiger partial charge >= 0.3 is 5.97 Å². The van der Waals surface area contributed by atoms with Crippen LogP contribution in [-0.4, -0.2) is 17.7 Å². The summed E-state index contributed by atoms with van der Waals surface area (Å²) in [5, 5.41) is 11.0. The van der Waals surface area contributed by atoms with Crippen LogP contribution in [0.2, 0.25) is 0 Å². The molecule has 23 heavy (non-hydrogen) atoms. The average Bonchev–Trinajstić information content (AvgIpc) is 2.56. The minimum Gasteiger partial charge on any atom is -0.494 e. The highest BCUT2D eigenvalue weighted by Crippen LogP contribution is 2.23. The Labute approximate surface area is 138 Å². The molecule has 1 N–H and O–H groups in total. The van der Waals surface area contributed by atoms with E-state index in [9.17, 15) is 4.79 Å². The zero-order valence-electron chi connectivity index (χ0n) is 13.9. The molecule has 3 heteroatoms. The Morgan fingerprint density at radius 2 is 1.74 bits per heavy atom. The third-order valence-corrected chi connectivity index (χ3v) is 4.02. The van der Waals surface area contributed by atoms with E-state index >= 15 is 0 Å². The minimum atomic E-state index is -0.757. The SMILES string of the molecule is CCCCCCCOc1ccc2cc(CCC(=O)O)ccc2c1. The molecule has 0 aliphatic heterocycles. The molecule has 3 nitrogen and oxygen atoms in total. The summed E-state index contributed by atoms with van der Waals surface area (Å²) in [5.41, 5.74) is 1.06. The summed E-state index contributed by atoms with van der Waals surface area (Å²) in [6.07, 6.45) is 6.93. The molecule has 0 bridgehead atoms. The Balaban J connectivity index is 1.89. The highest BCUT2D eigenvalue weighted by Gasteiger charge is 2.02. The summed E-state index contributed by atoms with van der Waals surface area (Å²) in [6, 6.07) is 12.2. The quantitative estimate of drug-likeness (QED) is 0.613. The molecule has 0 radical (unpaired) electrons. The van der Waals surface area contributed by atoms with E-state index in [1.807, 2.05) is 24.3 Å². The molecule has 124 valence electrons. The molecule has 0 heterocycles. The summed E-state index contributed by atoms with van der Waals surface area (Å²) in [7, 11) is 0. The van der Waals surface area contributed by atoms with Crippen LogP contribution in [0.15, 0.2) is 36.4 Å². The number of fused-ring (bicyclic) bond motifs is 1. The summed E-state index contributed by atoms with van der Waals surface area (Å²) in [5.74, 6) is 0.152. The van der Waals surface area contributed by atoms with Crippen molar-refractivity contribution >= 4 is 16.7 Å². The topological polar surface area (TPSA) is 46.5 Å². The normalized spacial score (nSPS) is 10.8. The van der Waals surface area contributed by atoms with Crippen molar-refractivity contribution in [3.05, 3.63) is 42.0 Å². The molecule has 2 rings (SSSR count). The van der Waals surface area contributed by atoms with Gasteiger partial charge in [-0.2, -0.15) is 0 Å². The van der Waals surface area contributed by atoms with Crippen molar-refractivity contribution in [2.45, 2.75) is 51.9 Å². The van der Waals surface area contributed by atoms with Gasteiger partial charge in [-0.15, -0.1) is 0 Å². The van der Waals surface area contributed by atoms with E-state index in [0.717, 1.165) is 35.1 Å². The fourth-order valence-electron chi connectivity index (χ4n) is 2.67. The van der Waals surface area contributed by atoms with Gasteiger partial charge in [-0.3, -0.25) is 4.79 Å². The monoisotopic (exact) mass is 314 g/mol. The van der Waals surface area contributed by atoms with Crippen LogP contribution in [0.1, 0.15) is 51.0 Å². The number of rotatable bonds is 10. The van der Waals surface area contributed by atoms with E-state index in [2.05, 4.69) is 19.1 Å². The van der Waals surface area contributed by atoms with Crippen LogP contribution >= 0.6 is 0 Å². The molecule has 0 amide bonds. The maximum Gasteiger partial charge on any atom is 0.303 e. The number of benzene rings is 2. The number of ether oxygens (including phenoxy) is 1. The molecule has 0 atom stereocenters. The lowest BCUT2D eigenvalue weighted by Crippen LogP contribution is -1.98. The number of hydrogen-bond acceptors (Lipinski definition) is 2. The number of unbranched alkanes of at least 4 members (excludes halogenated alkanes) is 4. The number of aliphatic carboxylic acids is 1. The largest absolute Gasteiger partial charge is 0.494 e. The molecule has 0 fully saturated rings. The third kappa shape index (κ3) is 5.93. The number of carbonyl (C=O) groups is 1. The Hall–Kier alpha value is -2.03. The lowest BCUT2D eigenvalue weighted by atomic mass is 10.0. The first kappa shape index (κ1) is 17.3. The van der Waals surface area contributed by atoms with Crippen LogP contribution in [0.5, 0.6) is 5.75 Å². The van der Waals surface area contributed by atoms with Crippen molar-refractivity contribution in [1.29, 1.82) is 0 Å². The van der Waals surface area contributed by atoms with E-state index < -0.39 is 5.97 Å². The maximum absolute atomic E-state index is 10.6. The first-order valence-corrected chi connectivity index (χ1v) is 8.56. The maximum atomic E-state index is 10.6. The van der Waals surface area contributed by atoms with Gasteiger partial charge in [0.1, 0.15) is 5.75 Å². The standard InChI is InChI=1S/C20H26O3/c1-2-3-4-5-6-13-23-19-11-10-17-14-16(8-12-20(21)22)7-9-18(17)15-19/h7,9-11,14-15H,2-6,8,12-13H2,1H3,(H,21,22). The van der Waals surface area contributed by atoms with Gasteiger partial charge < -0.3 is 9.84 Å². The van der Waals surface area contributed by atoms with E-state index in [-0.39, 0.29) is 6.42 Å². The highest BCUT2D eigenvalue weighted by atomic mass is 16.5. The molecule has 0 saturated heterocycles. The first-order chi connectivity index (χ1) is 11.2. The first-order valence-electron chi connectivity index (χ1n) is 8.56. The molecule has 0 aromatic heterocycles. The van der Waals surface area contributed by atoms with Crippen molar-refractivity contribution in [1.82, 2.24) is 0 Å². The average molecular weight is 314 g/mol. The number of carboxylic acid groups (broad SMARTS) is 1. The summed E-state index contributed by atoms with van der Waals surface area (Å²) >= 11 is 0. The molecule has 0 aliphatic rings. The van der Waals surface area contributed by atoms with E-state index in [0.29, 0.717) is 6.42 Å². The van der Waals surface area contributed by atoms with Gasteiger partial charge in [0.2, 0.25) is 0 Å². The van der Waals surface area contributed by atoms with Crippen LogP contribution in [0, 0.1) is 0 Å². The molecule has 0 spiro atoms. The second kappa shape index (κ2) is 9.19. The van der Waals surface area contributed by atoms with Crippen molar-refractivity contribution in [3.8, 4) is 5.75 Å². The summed E-state index contributed by atoms with van der Waals surface area (Å²) < 4.78 is 5.83. The van der Waals surface area contributed by atoms with Crippen LogP contribution in [-0.2, 0) is 11.2 Å². The molecule has 0 aliphatic carbocycles. The third-order valence-electron chi connectivity index (χ3n) is 4.02. The molecule has 2 aromatic rings. The predicted molar refractivity (Wildman–Crippen MR) is 94.2 cm³/mol. The number of hydrogen-bond donors (Lipinski definition) is 1. The fourth-order valence-corrected chi connectivity index (χ4v) is 2.67. The zero-order chi connectivity index (χ0) is 16.5. The lowest BCUT2D eigenvalue weighted by Gasteiger charge is -2.08. The van der Waals surface area contributed by atoms with Crippen molar-refractivity contribution in [2.24, 2.45) is 0 Å². The molecule has 0 saturated carbocycles. The predicted octanol–water partition coefficient (Wildman–Crippen LogP) is 5.21. The van der Waals surface area contributed by atoms with Gasteiger partial charge in [-0.1, -0.05) is 56.9 Å². The van der Waals surface area contributed by atoms with E-state index in [4.69, 9.17) is 9.84 Å². The van der Waals surface area contributed by atoms with E-state index in [1.54, 1.807) is 0 Å². The molecule has 0 unspecified atom stereocenters. The van der Waals surface area contributed by atoms with Gasteiger partial charge in [-0.05, 0) is 41.3 Å². The van der Waals surface area contributed by atoms with Crippen LogP contribution in [0.3, 0.4) is 0 Å². The molecule has 2 aromatic carbocycles. The van der Waals surface area contributed by atoms with Crippen molar-refractivity contribution in [2.75, 3.05) is 6.61 Å². The van der Waals surface area contributed by atoms with Crippen molar-refractivity contribution < 1.29 is 14.6 Å². The highest BCUT2D eigenvalue weighted by molar-refractivity contribution is 5.84. The van der Waals surface area contributed by atoms with E-state index in [1.165, 1.54) is 25.7 Å². The lowest BCUT2D eigenvalue weighted by molar-refractivity contribution is -0.136. The minimum absolute atomic E-state index is 0.171. The fraction of sp³-hybridized carbons (Fsp3) is 0.450. The van der Waals surface area contributed by atoms with Gasteiger partial charge in [0.05, 0.1) is 6.61 Å². The van der Waals surface area contributed by atoms with Crippen LogP contribution in [0.4, 0.5) is 0 Å². The Kier molecular flexibility index (Phi) is 6.92. The van der Waals surface area contributed by atoms with Crippen molar-refractivity contribution in [3.63, 3.8) is 0 Å². The summed E-state index contributed by atoms with van der Waals surface area (Å²) in [4.78, 5) is 10.6. The van der Waals surface area contributed by atoms with Gasteiger partial charge in [0, 0.05) is 6.42 Å². The number of carboxylic acids is 1. The van der Waals surface area contributed by atoms with Gasteiger partial charge in [-0.25, -0.2) is 0 Å². The zero-order valence-corrected chi connectivity index (χ0v) is 13.9. The van der Waals surface area contributed by atoms with Crippen LogP contribution in [0.25, 0.3) is 10.8 Å². The molecular formula is C20H26O3. The second-order valence-electron chi connectivity index (χ2n) is 6.00. The van der Waals surface area contributed by atoms with Crippen LogP contribution < -0.4 is 4.74 Å². The molecular weight excluding hydrogens is 288 g/mol. The van der Waals surface area contributed by atoms with Gasteiger partial charge in [0.25, 0.3) is 0 Å². The Morgan fingerprint density at radius 3 is 2.52 bits per heavy atom. The second-order valence-corrected chi connectivity index (χ2v) is 6.00. The Bertz CT molecular complexity index is 634. The number of aryl methyl sites for hydroxylation is 1. The summed E-state index contributed by atoms with van der Waals surface area (Å²) in [6.45, 7) is 2.99. The Morgan fingerprint density at radius 1 is 1.00 bits per heavy atom. The smallest absolute Gasteiger partial charge is 0.303 e. The van der Waals surface area contributed by atoms with Gasteiger partial charge in [0.15, 0.2) is 0 Å².